The molecule has 2 aromatic rings. The van der Waals surface area contributed by atoms with Crippen LogP contribution in [0.5, 0.6) is 0 Å². The maximum atomic E-state index is 12.6. The van der Waals surface area contributed by atoms with Crippen molar-refractivity contribution in [3.05, 3.63) is 34.9 Å². The van der Waals surface area contributed by atoms with E-state index in [1.54, 1.807) is 4.90 Å². The van der Waals surface area contributed by atoms with Crippen LogP contribution in [0.4, 0.5) is 10.3 Å². The molecule has 0 saturated carbocycles. The fraction of sp³-hybridized carbons (Fsp3) is 0.474. The van der Waals surface area contributed by atoms with E-state index in [1.807, 2.05) is 24.3 Å². The number of amides is 2. The SMILES string of the molecule is O=C(NCc1ccc(Cl)cc1)C1CCCN(c2nnc(N3CCCC3=O)s2)C1. The quantitative estimate of drug-likeness (QED) is 0.806. The van der Waals surface area contributed by atoms with E-state index in [4.69, 9.17) is 11.6 Å². The fourth-order valence-electron chi connectivity index (χ4n) is 3.60. The molecule has 1 N–H and O–H groups in total. The van der Waals surface area contributed by atoms with Gasteiger partial charge in [0, 0.05) is 37.6 Å². The summed E-state index contributed by atoms with van der Waals surface area (Å²) in [6, 6.07) is 7.48. The lowest BCUT2D eigenvalue weighted by Crippen LogP contribution is -2.43. The van der Waals surface area contributed by atoms with Gasteiger partial charge in [-0.25, -0.2) is 0 Å². The topological polar surface area (TPSA) is 78.4 Å². The lowest BCUT2D eigenvalue weighted by molar-refractivity contribution is -0.125. The highest BCUT2D eigenvalue weighted by atomic mass is 35.5. The van der Waals surface area contributed by atoms with E-state index in [0.29, 0.717) is 36.2 Å². The average Bonchev–Trinajstić information content (AvgIpc) is 3.36. The van der Waals surface area contributed by atoms with Gasteiger partial charge in [-0.1, -0.05) is 35.1 Å². The first-order chi connectivity index (χ1) is 13.6. The van der Waals surface area contributed by atoms with Crippen LogP contribution in [0.1, 0.15) is 31.2 Å². The Kier molecular flexibility index (Phi) is 5.77. The average molecular weight is 420 g/mol. The van der Waals surface area contributed by atoms with Crippen molar-refractivity contribution in [2.75, 3.05) is 29.4 Å². The van der Waals surface area contributed by atoms with E-state index in [0.717, 1.165) is 36.5 Å². The molecule has 2 amide bonds. The second-order valence-corrected chi connectivity index (χ2v) is 8.52. The molecular formula is C19H22ClN5O2S. The standard InChI is InChI=1S/C19H22ClN5O2S/c20-15-7-5-13(6-8-15)11-21-17(27)14-3-1-9-24(12-14)18-22-23-19(28-18)25-10-2-4-16(25)26/h5-8,14H,1-4,9-12H2,(H,21,27). The molecule has 1 aromatic carbocycles. The third-order valence-electron chi connectivity index (χ3n) is 5.15. The number of carbonyl (C=O) groups is 2. The van der Waals surface area contributed by atoms with Crippen molar-refractivity contribution in [3.8, 4) is 0 Å². The number of halogens is 1. The molecule has 0 radical (unpaired) electrons. The molecule has 2 aliphatic heterocycles. The zero-order valence-corrected chi connectivity index (χ0v) is 17.0. The van der Waals surface area contributed by atoms with Gasteiger partial charge < -0.3 is 10.2 Å². The van der Waals surface area contributed by atoms with Crippen LogP contribution in [-0.2, 0) is 16.1 Å². The number of hydrogen-bond acceptors (Lipinski definition) is 6. The smallest absolute Gasteiger partial charge is 0.228 e. The predicted octanol–water partition coefficient (Wildman–Crippen LogP) is 2.85. The minimum Gasteiger partial charge on any atom is -0.352 e. The lowest BCUT2D eigenvalue weighted by atomic mass is 9.97. The zero-order chi connectivity index (χ0) is 19.5. The molecule has 2 fully saturated rings. The molecule has 9 heteroatoms. The Morgan fingerprint density at radius 1 is 1.18 bits per heavy atom. The van der Waals surface area contributed by atoms with Crippen LogP contribution in [0.25, 0.3) is 0 Å². The van der Waals surface area contributed by atoms with E-state index in [2.05, 4.69) is 20.4 Å². The highest BCUT2D eigenvalue weighted by Crippen LogP contribution is 2.32. The largest absolute Gasteiger partial charge is 0.352 e. The summed E-state index contributed by atoms with van der Waals surface area (Å²) in [6.45, 7) is 2.67. The van der Waals surface area contributed by atoms with Crippen LogP contribution in [0.15, 0.2) is 24.3 Å². The van der Waals surface area contributed by atoms with Crippen molar-refractivity contribution >= 4 is 45.0 Å². The van der Waals surface area contributed by atoms with E-state index in [9.17, 15) is 9.59 Å². The minimum absolute atomic E-state index is 0.0547. The minimum atomic E-state index is -0.0816. The van der Waals surface area contributed by atoms with Gasteiger partial charge in [0.05, 0.1) is 5.92 Å². The van der Waals surface area contributed by atoms with Gasteiger partial charge in [-0.3, -0.25) is 14.5 Å². The van der Waals surface area contributed by atoms with Crippen molar-refractivity contribution in [1.29, 1.82) is 0 Å². The molecule has 0 bridgehead atoms. The number of nitrogens with one attached hydrogen (secondary N) is 1. The van der Waals surface area contributed by atoms with Crippen molar-refractivity contribution in [2.24, 2.45) is 5.92 Å². The highest BCUT2D eigenvalue weighted by molar-refractivity contribution is 7.19. The van der Waals surface area contributed by atoms with Gasteiger partial charge in [0.1, 0.15) is 0 Å². The number of aromatic nitrogens is 2. The monoisotopic (exact) mass is 419 g/mol. The first-order valence-corrected chi connectivity index (χ1v) is 10.7. The van der Waals surface area contributed by atoms with Crippen molar-refractivity contribution in [3.63, 3.8) is 0 Å². The molecule has 3 heterocycles. The maximum absolute atomic E-state index is 12.6. The summed E-state index contributed by atoms with van der Waals surface area (Å²) in [4.78, 5) is 28.3. The van der Waals surface area contributed by atoms with Gasteiger partial charge in [-0.2, -0.15) is 0 Å². The molecule has 28 heavy (non-hydrogen) atoms. The molecular weight excluding hydrogens is 398 g/mol. The Bertz CT molecular complexity index is 856. The van der Waals surface area contributed by atoms with Crippen LogP contribution < -0.4 is 15.1 Å². The van der Waals surface area contributed by atoms with Crippen LogP contribution >= 0.6 is 22.9 Å². The number of rotatable bonds is 5. The van der Waals surface area contributed by atoms with Gasteiger partial charge in [-0.15, -0.1) is 10.2 Å². The summed E-state index contributed by atoms with van der Waals surface area (Å²) in [5, 5.41) is 13.6. The predicted molar refractivity (Wildman–Crippen MR) is 110 cm³/mol. The van der Waals surface area contributed by atoms with Gasteiger partial charge in [0.2, 0.25) is 22.1 Å². The van der Waals surface area contributed by atoms with Crippen LogP contribution in [0, 0.1) is 5.92 Å². The summed E-state index contributed by atoms with van der Waals surface area (Å²) in [6.07, 6.45) is 3.23. The first-order valence-electron chi connectivity index (χ1n) is 9.51. The molecule has 7 nitrogen and oxygen atoms in total. The van der Waals surface area contributed by atoms with Crippen LogP contribution in [0.3, 0.4) is 0 Å². The molecule has 1 unspecified atom stereocenters. The maximum Gasteiger partial charge on any atom is 0.228 e. The highest BCUT2D eigenvalue weighted by Gasteiger charge is 2.29. The number of anilines is 2. The third-order valence-corrected chi connectivity index (χ3v) is 6.41. The molecule has 1 atom stereocenters. The van der Waals surface area contributed by atoms with Crippen molar-refractivity contribution in [2.45, 2.75) is 32.2 Å². The number of benzene rings is 1. The van der Waals surface area contributed by atoms with Crippen LogP contribution in [0.2, 0.25) is 5.02 Å². The zero-order valence-electron chi connectivity index (χ0n) is 15.4. The summed E-state index contributed by atoms with van der Waals surface area (Å²) < 4.78 is 0. The Morgan fingerprint density at radius 2 is 1.96 bits per heavy atom. The van der Waals surface area contributed by atoms with E-state index in [1.165, 1.54) is 11.3 Å². The fourth-order valence-corrected chi connectivity index (χ4v) is 4.65. The Balaban J connectivity index is 1.35. The third kappa shape index (κ3) is 4.28. The van der Waals surface area contributed by atoms with Gasteiger partial charge in [0.15, 0.2) is 0 Å². The molecule has 4 rings (SSSR count). The molecule has 1 aromatic heterocycles. The first kappa shape index (κ1) is 19.1. The van der Waals surface area contributed by atoms with Crippen molar-refractivity contribution in [1.82, 2.24) is 15.5 Å². The summed E-state index contributed by atoms with van der Waals surface area (Å²) in [7, 11) is 0. The van der Waals surface area contributed by atoms with Gasteiger partial charge in [0.25, 0.3) is 0 Å². The van der Waals surface area contributed by atoms with Gasteiger partial charge >= 0.3 is 0 Å². The Hall–Kier alpha value is -2.19. The second-order valence-electron chi connectivity index (χ2n) is 7.15. The molecule has 0 spiro atoms. The van der Waals surface area contributed by atoms with E-state index in [-0.39, 0.29) is 17.7 Å². The summed E-state index contributed by atoms with van der Waals surface area (Å²) in [5.41, 5.74) is 1.02. The van der Waals surface area contributed by atoms with Crippen LogP contribution in [-0.4, -0.2) is 41.6 Å². The number of piperidine rings is 1. The van der Waals surface area contributed by atoms with Gasteiger partial charge in [-0.05, 0) is 37.0 Å². The molecule has 0 aliphatic carbocycles. The van der Waals surface area contributed by atoms with E-state index < -0.39 is 0 Å². The molecule has 2 saturated heterocycles. The normalized spacial score (nSPS) is 19.9. The second kappa shape index (κ2) is 8.45. The van der Waals surface area contributed by atoms with E-state index >= 15 is 0 Å². The summed E-state index contributed by atoms with van der Waals surface area (Å²) in [5.74, 6) is 0.0849. The number of nitrogens with zero attached hydrogens (tertiary/aromatic N) is 4. The summed E-state index contributed by atoms with van der Waals surface area (Å²) >= 11 is 7.33. The molecule has 148 valence electrons. The molecule has 2 aliphatic rings. The van der Waals surface area contributed by atoms with Crippen molar-refractivity contribution < 1.29 is 9.59 Å². The lowest BCUT2D eigenvalue weighted by Gasteiger charge is -2.31. The number of hydrogen-bond donors (Lipinski definition) is 1. The Morgan fingerprint density at radius 3 is 2.71 bits per heavy atom. The number of carbonyl (C=O) groups excluding carboxylic acids is 2. The Labute approximate surface area is 172 Å².